The average molecular weight is 689 g/mol. The summed E-state index contributed by atoms with van der Waals surface area (Å²) in [5.74, 6) is -0.0956. The Labute approximate surface area is 296 Å². The van der Waals surface area contributed by atoms with Gasteiger partial charge in [-0.05, 0) is 76.8 Å². The van der Waals surface area contributed by atoms with Crippen molar-refractivity contribution in [2.24, 2.45) is 5.92 Å². The fraction of sp³-hybridized carbons (Fsp3) is 0.238. The van der Waals surface area contributed by atoms with Crippen LogP contribution in [0.4, 0.5) is 13.2 Å². The van der Waals surface area contributed by atoms with E-state index >= 15 is 0 Å². The third-order valence-corrected chi connectivity index (χ3v) is 9.31. The van der Waals surface area contributed by atoms with Crippen molar-refractivity contribution in [3.63, 3.8) is 0 Å². The van der Waals surface area contributed by atoms with Crippen LogP contribution in [0.2, 0.25) is 0 Å². The number of carbonyl (C=O) groups excluding carboxylic acids is 2. The van der Waals surface area contributed by atoms with Crippen molar-refractivity contribution in [1.29, 1.82) is 0 Å². The molecule has 3 aromatic carbocycles. The molecule has 1 atom stereocenters. The largest absolute Gasteiger partial charge is 0.433 e. The zero-order chi connectivity index (χ0) is 35.6. The Hall–Kier alpha value is -5.57. The van der Waals surface area contributed by atoms with Crippen LogP contribution in [-0.4, -0.2) is 50.7 Å². The summed E-state index contributed by atoms with van der Waals surface area (Å²) in [6.45, 7) is 1.34. The predicted molar refractivity (Wildman–Crippen MR) is 192 cm³/mol. The Morgan fingerprint density at radius 1 is 0.784 bits per heavy atom. The van der Waals surface area contributed by atoms with Gasteiger partial charge in [0.2, 0.25) is 11.8 Å². The van der Waals surface area contributed by atoms with Gasteiger partial charge in [0.25, 0.3) is 0 Å². The van der Waals surface area contributed by atoms with Gasteiger partial charge >= 0.3 is 6.18 Å². The molecule has 0 aliphatic carbocycles. The Balaban J connectivity index is 1.28. The second-order valence-corrected chi connectivity index (χ2v) is 12.9. The van der Waals surface area contributed by atoms with E-state index in [0.29, 0.717) is 31.0 Å². The summed E-state index contributed by atoms with van der Waals surface area (Å²) in [5.41, 5.74) is 4.27. The van der Waals surface area contributed by atoms with Crippen molar-refractivity contribution in [1.82, 2.24) is 19.8 Å². The van der Waals surface area contributed by atoms with Gasteiger partial charge < -0.3 is 9.80 Å². The van der Waals surface area contributed by atoms with Crippen molar-refractivity contribution in [3.05, 3.63) is 162 Å². The Bertz CT molecular complexity index is 1890. The van der Waals surface area contributed by atoms with Crippen molar-refractivity contribution in [3.8, 4) is 11.1 Å². The molecule has 1 fully saturated rings. The number of benzene rings is 3. The van der Waals surface area contributed by atoms with E-state index in [0.717, 1.165) is 53.8 Å². The number of nitrogens with zero attached hydrogens (tertiary/aromatic N) is 4. The number of aromatic nitrogens is 2. The van der Waals surface area contributed by atoms with Gasteiger partial charge in [-0.15, -0.1) is 0 Å². The fourth-order valence-corrected chi connectivity index (χ4v) is 6.49. The first kappa shape index (κ1) is 35.3. The van der Waals surface area contributed by atoms with Gasteiger partial charge in [-0.3, -0.25) is 19.6 Å². The zero-order valence-corrected chi connectivity index (χ0v) is 28.1. The number of pyridine rings is 2. The number of likely N-dealkylation sites (tertiary alicyclic amines) is 1. The number of halogens is 3. The highest BCUT2D eigenvalue weighted by Crippen LogP contribution is 2.28. The molecule has 1 aliphatic rings. The topological polar surface area (TPSA) is 66.4 Å². The predicted octanol–water partition coefficient (Wildman–Crippen LogP) is 8.30. The Morgan fingerprint density at radius 3 is 2.08 bits per heavy atom. The molecule has 6 rings (SSSR count). The second-order valence-electron chi connectivity index (χ2n) is 12.9. The molecule has 1 aliphatic heterocycles. The van der Waals surface area contributed by atoms with E-state index in [2.05, 4.69) is 22.1 Å². The van der Waals surface area contributed by atoms with Crippen LogP contribution in [0.3, 0.4) is 0 Å². The van der Waals surface area contributed by atoms with E-state index < -0.39 is 23.8 Å². The first-order valence-electron chi connectivity index (χ1n) is 17.1. The van der Waals surface area contributed by atoms with E-state index in [4.69, 9.17) is 0 Å². The maximum Gasteiger partial charge on any atom is 0.433 e. The molecule has 0 spiro atoms. The minimum Gasteiger partial charge on any atom is -0.341 e. The summed E-state index contributed by atoms with van der Waals surface area (Å²) in [6, 6.07) is 33.0. The molecule has 0 bridgehead atoms. The Morgan fingerprint density at radius 2 is 1.47 bits per heavy atom. The molecule has 9 heteroatoms. The lowest BCUT2D eigenvalue weighted by molar-refractivity contribution is -0.145. The number of alkyl halides is 3. The van der Waals surface area contributed by atoms with Crippen LogP contribution in [0, 0.1) is 5.92 Å². The van der Waals surface area contributed by atoms with Crippen LogP contribution in [0.25, 0.3) is 17.2 Å². The summed E-state index contributed by atoms with van der Waals surface area (Å²) < 4.78 is 39.3. The molecular formula is C42H39F3N4O2. The highest BCUT2D eigenvalue weighted by molar-refractivity contribution is 5.95. The van der Waals surface area contributed by atoms with E-state index in [1.54, 1.807) is 17.3 Å². The Kier molecular flexibility index (Phi) is 11.4. The van der Waals surface area contributed by atoms with Crippen molar-refractivity contribution in [2.45, 2.75) is 44.4 Å². The number of hydrogen-bond donors (Lipinski definition) is 0. The maximum atomic E-state index is 14.5. The molecule has 0 saturated carbocycles. The van der Waals surface area contributed by atoms with E-state index in [-0.39, 0.29) is 12.5 Å². The van der Waals surface area contributed by atoms with Gasteiger partial charge in [-0.2, -0.15) is 13.2 Å². The summed E-state index contributed by atoms with van der Waals surface area (Å²) >= 11 is 0. The van der Waals surface area contributed by atoms with Gasteiger partial charge in [-0.25, -0.2) is 0 Å². The van der Waals surface area contributed by atoms with Crippen LogP contribution >= 0.6 is 0 Å². The minimum atomic E-state index is -4.57. The summed E-state index contributed by atoms with van der Waals surface area (Å²) in [5, 5.41) is 0. The molecule has 51 heavy (non-hydrogen) atoms. The SMILES string of the molecule is O=C(C(Cc1ccccc1)N(Cc1ccc(-c2cccnc2)cc1)C(=O)C=Cc1ccc(C(F)(F)F)nc1)N1CCC(Cc2ccccc2)CC1. The normalized spacial score (nSPS) is 14.4. The van der Waals surface area contributed by atoms with Crippen molar-refractivity contribution >= 4 is 17.9 Å². The first-order chi connectivity index (χ1) is 24.7. The molecule has 0 radical (unpaired) electrons. The monoisotopic (exact) mass is 688 g/mol. The van der Waals surface area contributed by atoms with Gasteiger partial charge in [0.05, 0.1) is 0 Å². The number of rotatable bonds is 11. The fourth-order valence-electron chi connectivity index (χ4n) is 6.49. The van der Waals surface area contributed by atoms with Crippen molar-refractivity contribution in [2.75, 3.05) is 13.1 Å². The highest BCUT2D eigenvalue weighted by Gasteiger charge is 2.35. The van der Waals surface area contributed by atoms with Gasteiger partial charge in [0, 0.05) is 50.7 Å². The van der Waals surface area contributed by atoms with E-state index in [9.17, 15) is 22.8 Å². The third kappa shape index (κ3) is 9.57. The molecule has 260 valence electrons. The van der Waals surface area contributed by atoms with Gasteiger partial charge in [-0.1, -0.05) is 97.1 Å². The quantitative estimate of drug-likeness (QED) is 0.131. The summed E-state index contributed by atoms with van der Waals surface area (Å²) in [7, 11) is 0. The lowest BCUT2D eigenvalue weighted by atomic mass is 9.89. The molecule has 1 saturated heterocycles. The minimum absolute atomic E-state index is 0.123. The van der Waals surface area contributed by atoms with Crippen molar-refractivity contribution < 1.29 is 22.8 Å². The first-order valence-corrected chi connectivity index (χ1v) is 17.1. The highest BCUT2D eigenvalue weighted by atomic mass is 19.4. The lowest BCUT2D eigenvalue weighted by Gasteiger charge is -2.38. The summed E-state index contributed by atoms with van der Waals surface area (Å²) in [4.78, 5) is 39.9. The number of amides is 2. The number of carbonyl (C=O) groups is 2. The molecular weight excluding hydrogens is 649 g/mol. The molecule has 0 N–H and O–H groups in total. The van der Waals surface area contributed by atoms with Crippen LogP contribution in [0.5, 0.6) is 0 Å². The summed E-state index contributed by atoms with van der Waals surface area (Å²) in [6.07, 6.45) is 5.75. The third-order valence-electron chi connectivity index (χ3n) is 9.31. The second kappa shape index (κ2) is 16.4. The average Bonchev–Trinajstić information content (AvgIpc) is 3.16. The van der Waals surface area contributed by atoms with Crippen LogP contribution < -0.4 is 0 Å². The van der Waals surface area contributed by atoms with Gasteiger partial charge in [0.15, 0.2) is 0 Å². The molecule has 3 heterocycles. The number of piperidine rings is 1. The molecule has 6 nitrogen and oxygen atoms in total. The van der Waals surface area contributed by atoms with Crippen LogP contribution in [0.15, 0.2) is 134 Å². The van der Waals surface area contributed by atoms with E-state index in [1.165, 1.54) is 23.8 Å². The maximum absolute atomic E-state index is 14.5. The van der Waals surface area contributed by atoms with Crippen LogP contribution in [-0.2, 0) is 35.2 Å². The molecule has 5 aromatic rings. The van der Waals surface area contributed by atoms with Gasteiger partial charge in [0.1, 0.15) is 11.7 Å². The van der Waals surface area contributed by atoms with Crippen LogP contribution in [0.1, 0.15) is 40.8 Å². The molecule has 1 unspecified atom stereocenters. The standard InChI is InChI=1S/C42H39F3N4O2/c43-42(44,45)39-19-15-34(28-47-39)16-20-40(50)49(30-35-13-17-36(18-14-35)37-12-7-23-46-29-37)38(27-32-10-5-2-6-11-32)41(51)48-24-21-33(22-25-48)26-31-8-3-1-4-9-31/h1-20,23,28-29,33,38H,21-22,24-27,30H2. The smallest absolute Gasteiger partial charge is 0.341 e. The molecule has 2 aromatic heterocycles. The lowest BCUT2D eigenvalue weighted by Crippen LogP contribution is -2.53. The number of hydrogen-bond acceptors (Lipinski definition) is 4. The molecule has 2 amide bonds. The van der Waals surface area contributed by atoms with E-state index in [1.807, 2.05) is 89.8 Å². The zero-order valence-electron chi connectivity index (χ0n) is 28.1.